The van der Waals surface area contributed by atoms with Gasteiger partial charge in [-0.2, -0.15) is 8.78 Å². The van der Waals surface area contributed by atoms with E-state index < -0.39 is 19.6 Å². The van der Waals surface area contributed by atoms with Gasteiger partial charge in [-0.05, 0) is 29.0 Å². The SMILES string of the molecule is CC.CNC(=O)c1ccc2ccc(C(F)(F)P(O)O)cc2c1. The molecule has 0 aliphatic rings. The molecule has 0 unspecified atom stereocenters. The van der Waals surface area contributed by atoms with Gasteiger partial charge in [0.15, 0.2) is 0 Å². The van der Waals surface area contributed by atoms with Crippen molar-refractivity contribution in [2.75, 3.05) is 7.05 Å². The van der Waals surface area contributed by atoms with E-state index in [-0.39, 0.29) is 5.91 Å². The van der Waals surface area contributed by atoms with Crippen LogP contribution in [-0.2, 0) is 5.66 Å². The molecule has 22 heavy (non-hydrogen) atoms. The number of fused-ring (bicyclic) bond motifs is 1. The van der Waals surface area contributed by atoms with Crippen LogP contribution in [0.3, 0.4) is 0 Å². The minimum atomic E-state index is -3.70. The summed E-state index contributed by atoms with van der Waals surface area (Å²) in [6, 6.07) is 8.45. The van der Waals surface area contributed by atoms with Crippen molar-refractivity contribution in [2.24, 2.45) is 0 Å². The van der Waals surface area contributed by atoms with Gasteiger partial charge < -0.3 is 15.1 Å². The Hall–Kier alpha value is -1.62. The van der Waals surface area contributed by atoms with Gasteiger partial charge in [0, 0.05) is 18.2 Å². The number of hydrogen-bond donors (Lipinski definition) is 3. The average Bonchev–Trinajstić information content (AvgIpc) is 2.54. The Kier molecular flexibility index (Phi) is 6.35. The van der Waals surface area contributed by atoms with Gasteiger partial charge in [-0.15, -0.1) is 0 Å². The minimum absolute atomic E-state index is 0.323. The van der Waals surface area contributed by atoms with Crippen LogP contribution in [0.1, 0.15) is 29.8 Å². The van der Waals surface area contributed by atoms with E-state index in [1.165, 1.54) is 19.2 Å². The zero-order valence-electron chi connectivity index (χ0n) is 12.5. The number of halogens is 2. The molecule has 0 heterocycles. The van der Waals surface area contributed by atoms with Crippen molar-refractivity contribution < 1.29 is 23.4 Å². The summed E-state index contributed by atoms with van der Waals surface area (Å²) in [6.45, 7) is 4.00. The molecule has 4 nitrogen and oxygen atoms in total. The van der Waals surface area contributed by atoms with Crippen LogP contribution in [0.25, 0.3) is 10.8 Å². The van der Waals surface area contributed by atoms with Crippen molar-refractivity contribution >= 4 is 25.1 Å². The molecule has 0 saturated carbocycles. The highest BCUT2D eigenvalue weighted by atomic mass is 31.2. The van der Waals surface area contributed by atoms with E-state index in [4.69, 9.17) is 9.79 Å². The number of rotatable bonds is 3. The van der Waals surface area contributed by atoms with Gasteiger partial charge in [-0.3, -0.25) is 4.79 Å². The molecule has 0 saturated heterocycles. The van der Waals surface area contributed by atoms with Crippen molar-refractivity contribution in [3.63, 3.8) is 0 Å². The van der Waals surface area contributed by atoms with Gasteiger partial charge in [-0.25, -0.2) is 0 Å². The number of hydrogen-bond acceptors (Lipinski definition) is 3. The first-order valence-electron chi connectivity index (χ1n) is 6.68. The number of benzene rings is 2. The molecule has 0 aromatic heterocycles. The number of alkyl halides is 2. The standard InChI is InChI=1S/C13H12F2NO3P.C2H6/c1-16-12(17)9-3-2-8-4-5-11(7-10(8)6-9)13(14,15)20(18)19;1-2/h2-7,18-19H,1H3,(H,16,17);1-2H3. The van der Waals surface area contributed by atoms with E-state index in [9.17, 15) is 13.6 Å². The largest absolute Gasteiger partial charge is 0.355 e. The van der Waals surface area contributed by atoms with Crippen LogP contribution in [0.2, 0.25) is 0 Å². The molecule has 0 aliphatic heterocycles. The average molecular weight is 329 g/mol. The van der Waals surface area contributed by atoms with E-state index in [0.717, 1.165) is 12.1 Å². The molecular weight excluding hydrogens is 311 g/mol. The Labute approximate surface area is 128 Å². The molecular formula is C15H18F2NO3P. The van der Waals surface area contributed by atoms with Crippen LogP contribution < -0.4 is 5.32 Å². The van der Waals surface area contributed by atoms with E-state index in [1.54, 1.807) is 12.1 Å². The quantitative estimate of drug-likeness (QED) is 0.754. The molecule has 2 aromatic rings. The highest BCUT2D eigenvalue weighted by Crippen LogP contribution is 2.52. The lowest BCUT2D eigenvalue weighted by Gasteiger charge is -2.17. The monoisotopic (exact) mass is 329 g/mol. The zero-order chi connectivity index (χ0) is 16.9. The van der Waals surface area contributed by atoms with Crippen molar-refractivity contribution in [1.82, 2.24) is 5.32 Å². The molecule has 0 aliphatic carbocycles. The maximum absolute atomic E-state index is 13.6. The highest BCUT2D eigenvalue weighted by Gasteiger charge is 2.40. The van der Waals surface area contributed by atoms with Crippen LogP contribution in [0.5, 0.6) is 0 Å². The Morgan fingerprint density at radius 3 is 2.23 bits per heavy atom. The smallest absolute Gasteiger partial charge is 0.339 e. The van der Waals surface area contributed by atoms with Crippen molar-refractivity contribution in [1.29, 1.82) is 0 Å². The van der Waals surface area contributed by atoms with E-state index >= 15 is 0 Å². The van der Waals surface area contributed by atoms with Crippen LogP contribution in [-0.4, -0.2) is 22.7 Å². The predicted octanol–water partition coefficient (Wildman–Crippen LogP) is 3.57. The van der Waals surface area contributed by atoms with Crippen molar-refractivity contribution in [3.8, 4) is 0 Å². The summed E-state index contributed by atoms with van der Waals surface area (Å²) in [6.07, 6.45) is 0. The molecule has 0 atom stereocenters. The molecule has 2 rings (SSSR count). The number of nitrogens with one attached hydrogen (secondary N) is 1. The molecule has 0 bridgehead atoms. The predicted molar refractivity (Wildman–Crippen MR) is 83.9 cm³/mol. The third-order valence-corrected chi connectivity index (χ3v) is 3.69. The first-order chi connectivity index (χ1) is 10.4. The summed E-state index contributed by atoms with van der Waals surface area (Å²) in [5.74, 6) is -0.323. The van der Waals surface area contributed by atoms with Crippen LogP contribution in [0.4, 0.5) is 8.78 Å². The van der Waals surface area contributed by atoms with Crippen LogP contribution in [0, 0.1) is 0 Å². The lowest BCUT2D eigenvalue weighted by Crippen LogP contribution is -2.17. The second-order valence-electron chi connectivity index (χ2n) is 4.19. The lowest BCUT2D eigenvalue weighted by atomic mass is 10.0. The highest BCUT2D eigenvalue weighted by molar-refractivity contribution is 7.46. The molecule has 0 radical (unpaired) electrons. The molecule has 0 spiro atoms. The topological polar surface area (TPSA) is 69.6 Å². The maximum atomic E-state index is 13.6. The first kappa shape index (κ1) is 18.4. The fourth-order valence-corrected chi connectivity index (χ4v) is 2.20. The molecule has 1 amide bonds. The van der Waals surface area contributed by atoms with Gasteiger partial charge in [0.2, 0.25) is 8.38 Å². The van der Waals surface area contributed by atoms with Crippen LogP contribution in [0.15, 0.2) is 36.4 Å². The summed E-state index contributed by atoms with van der Waals surface area (Å²) in [5.41, 5.74) is -3.85. The van der Waals surface area contributed by atoms with Gasteiger partial charge >= 0.3 is 5.66 Å². The van der Waals surface area contributed by atoms with E-state index in [1.807, 2.05) is 13.8 Å². The van der Waals surface area contributed by atoms with E-state index in [2.05, 4.69) is 5.32 Å². The van der Waals surface area contributed by atoms with Crippen molar-refractivity contribution in [3.05, 3.63) is 47.5 Å². The molecule has 3 N–H and O–H groups in total. The Morgan fingerprint density at radius 2 is 1.68 bits per heavy atom. The molecule has 7 heteroatoms. The molecule has 120 valence electrons. The summed E-state index contributed by atoms with van der Waals surface area (Å²) in [4.78, 5) is 29.1. The second kappa shape index (κ2) is 7.58. The van der Waals surface area contributed by atoms with Gasteiger partial charge in [-0.1, -0.05) is 32.0 Å². The fraction of sp³-hybridized carbons (Fsp3) is 0.267. The number of carbonyl (C=O) groups excluding carboxylic acids is 1. The van der Waals surface area contributed by atoms with Gasteiger partial charge in [0.25, 0.3) is 5.91 Å². The fourth-order valence-electron chi connectivity index (χ4n) is 1.83. The molecule has 2 aromatic carbocycles. The van der Waals surface area contributed by atoms with Gasteiger partial charge in [0.05, 0.1) is 0 Å². The minimum Gasteiger partial charge on any atom is -0.355 e. The summed E-state index contributed by atoms with van der Waals surface area (Å²) in [5, 5.41) is 3.55. The zero-order valence-corrected chi connectivity index (χ0v) is 13.4. The van der Waals surface area contributed by atoms with Crippen molar-refractivity contribution in [2.45, 2.75) is 19.5 Å². The Morgan fingerprint density at radius 1 is 1.09 bits per heavy atom. The Balaban J connectivity index is 0.00000116. The lowest BCUT2D eigenvalue weighted by molar-refractivity contribution is 0.0734. The Bertz CT molecular complexity index is 662. The maximum Gasteiger partial charge on any atom is 0.339 e. The summed E-state index contributed by atoms with van der Waals surface area (Å²) >= 11 is 0. The first-order valence-corrected chi connectivity index (χ1v) is 7.93. The normalized spacial score (nSPS) is 11.1. The van der Waals surface area contributed by atoms with Gasteiger partial charge in [0.1, 0.15) is 0 Å². The van der Waals surface area contributed by atoms with Crippen LogP contribution >= 0.6 is 8.38 Å². The van der Waals surface area contributed by atoms with E-state index in [0.29, 0.717) is 16.3 Å². The number of carbonyl (C=O) groups is 1. The summed E-state index contributed by atoms with van der Waals surface area (Å²) in [7, 11) is -1.94. The molecule has 0 fully saturated rings. The second-order valence-corrected chi connectivity index (χ2v) is 5.33. The summed E-state index contributed by atoms with van der Waals surface area (Å²) < 4.78 is 27.2. The third-order valence-electron chi connectivity index (χ3n) is 2.93. The number of amides is 1. The third kappa shape index (κ3) is 3.77.